The maximum atomic E-state index is 12.6. The summed E-state index contributed by atoms with van der Waals surface area (Å²) in [6.45, 7) is 1.39. The quantitative estimate of drug-likeness (QED) is 0.387. The zero-order chi connectivity index (χ0) is 19.6. The number of halogens is 2. The molecule has 0 unspecified atom stereocenters. The molecule has 0 radical (unpaired) electrons. The molecule has 1 saturated heterocycles. The molecule has 1 aliphatic rings. The molecule has 138 valence electrons. The average molecular weight is 422 g/mol. The van der Waals surface area contributed by atoms with Crippen molar-refractivity contribution in [1.82, 2.24) is 4.90 Å². The zero-order valence-corrected chi connectivity index (χ0v) is 16.4. The lowest BCUT2D eigenvalue weighted by Crippen LogP contribution is -2.27. The van der Waals surface area contributed by atoms with Gasteiger partial charge in [-0.25, -0.2) is 0 Å². The molecule has 27 heavy (non-hydrogen) atoms. The number of amides is 2. The van der Waals surface area contributed by atoms with E-state index in [0.717, 1.165) is 16.7 Å². The van der Waals surface area contributed by atoms with Crippen molar-refractivity contribution in [3.8, 4) is 5.75 Å². The minimum Gasteiger partial charge on any atom is -0.427 e. The van der Waals surface area contributed by atoms with E-state index in [0.29, 0.717) is 31.8 Å². The predicted molar refractivity (Wildman–Crippen MR) is 106 cm³/mol. The van der Waals surface area contributed by atoms with E-state index >= 15 is 0 Å². The van der Waals surface area contributed by atoms with Gasteiger partial charge in [0, 0.05) is 17.0 Å². The van der Waals surface area contributed by atoms with Crippen molar-refractivity contribution in [2.75, 3.05) is 0 Å². The second-order valence-corrected chi connectivity index (χ2v) is 7.50. The van der Waals surface area contributed by atoms with Crippen molar-refractivity contribution in [3.05, 3.63) is 68.5 Å². The number of benzene rings is 2. The van der Waals surface area contributed by atoms with Crippen LogP contribution < -0.4 is 4.74 Å². The van der Waals surface area contributed by atoms with Crippen LogP contribution >= 0.6 is 35.0 Å². The first-order chi connectivity index (χ1) is 12.8. The highest BCUT2D eigenvalue weighted by molar-refractivity contribution is 8.18. The molecule has 1 fully saturated rings. The van der Waals surface area contributed by atoms with Gasteiger partial charge in [0.25, 0.3) is 11.1 Å². The van der Waals surface area contributed by atoms with E-state index in [-0.39, 0.29) is 17.7 Å². The highest BCUT2D eigenvalue weighted by Gasteiger charge is 2.35. The summed E-state index contributed by atoms with van der Waals surface area (Å²) in [7, 11) is 0. The Kier molecular flexibility index (Phi) is 5.89. The lowest BCUT2D eigenvalue weighted by atomic mass is 10.2. The van der Waals surface area contributed by atoms with Gasteiger partial charge < -0.3 is 4.74 Å². The molecule has 8 heteroatoms. The molecule has 2 amide bonds. The molecule has 5 nitrogen and oxygen atoms in total. The van der Waals surface area contributed by atoms with Crippen molar-refractivity contribution < 1.29 is 19.1 Å². The van der Waals surface area contributed by atoms with Gasteiger partial charge in [0.2, 0.25) is 0 Å². The summed E-state index contributed by atoms with van der Waals surface area (Å²) in [5, 5.41) is 0.510. The van der Waals surface area contributed by atoms with Gasteiger partial charge >= 0.3 is 5.97 Å². The second-order valence-electron chi connectivity index (χ2n) is 5.67. The van der Waals surface area contributed by atoms with Crippen LogP contribution in [0.5, 0.6) is 5.75 Å². The Labute approximate surface area is 169 Å². The first-order valence-corrected chi connectivity index (χ1v) is 9.38. The van der Waals surface area contributed by atoms with Crippen molar-refractivity contribution in [2.24, 2.45) is 0 Å². The number of ether oxygens (including phenoxy) is 1. The lowest BCUT2D eigenvalue weighted by molar-refractivity contribution is -0.131. The molecule has 1 aliphatic heterocycles. The van der Waals surface area contributed by atoms with Gasteiger partial charge in [-0.3, -0.25) is 19.3 Å². The van der Waals surface area contributed by atoms with Crippen LogP contribution in [0.25, 0.3) is 6.08 Å². The summed E-state index contributed by atoms with van der Waals surface area (Å²) in [4.78, 5) is 37.2. The van der Waals surface area contributed by atoms with Gasteiger partial charge in [-0.2, -0.15) is 0 Å². The molecular weight excluding hydrogens is 409 g/mol. The first-order valence-electron chi connectivity index (χ1n) is 7.81. The predicted octanol–water partition coefficient (Wildman–Crippen LogP) is 5.16. The number of nitrogens with zero attached hydrogens (tertiary/aromatic N) is 1. The Morgan fingerprint density at radius 3 is 2.48 bits per heavy atom. The van der Waals surface area contributed by atoms with Crippen molar-refractivity contribution in [1.29, 1.82) is 0 Å². The number of hydrogen-bond donors (Lipinski definition) is 0. The molecule has 0 bridgehead atoms. The molecule has 0 spiro atoms. The van der Waals surface area contributed by atoms with Gasteiger partial charge in [0.1, 0.15) is 5.75 Å². The van der Waals surface area contributed by atoms with E-state index in [9.17, 15) is 14.4 Å². The lowest BCUT2D eigenvalue weighted by Gasteiger charge is -2.13. The summed E-state index contributed by atoms with van der Waals surface area (Å²) >= 11 is 12.9. The molecular formula is C19H13Cl2NO4S. The molecule has 2 aromatic carbocycles. The fraction of sp³-hybridized carbons (Fsp3) is 0.105. The average Bonchev–Trinajstić information content (AvgIpc) is 2.86. The number of rotatable bonds is 4. The third kappa shape index (κ3) is 4.71. The Bertz CT molecular complexity index is 957. The second kappa shape index (κ2) is 8.17. The molecule has 0 N–H and O–H groups in total. The maximum absolute atomic E-state index is 12.6. The highest BCUT2D eigenvalue weighted by atomic mass is 35.5. The minimum absolute atomic E-state index is 0.0728. The van der Waals surface area contributed by atoms with Crippen LogP contribution in [0.4, 0.5) is 4.79 Å². The zero-order valence-electron chi connectivity index (χ0n) is 14.1. The molecule has 1 heterocycles. The summed E-state index contributed by atoms with van der Waals surface area (Å²) in [5.74, 6) is -0.394. The Balaban J connectivity index is 1.77. The van der Waals surface area contributed by atoms with E-state index in [1.165, 1.54) is 6.92 Å². The smallest absolute Gasteiger partial charge is 0.308 e. The van der Waals surface area contributed by atoms with E-state index in [1.807, 2.05) is 0 Å². The summed E-state index contributed by atoms with van der Waals surface area (Å²) in [6.07, 6.45) is 1.62. The number of hydrogen-bond acceptors (Lipinski definition) is 5. The summed E-state index contributed by atoms with van der Waals surface area (Å²) in [6, 6.07) is 11.5. The van der Waals surface area contributed by atoms with Crippen LogP contribution in [0.1, 0.15) is 18.1 Å². The monoisotopic (exact) mass is 421 g/mol. The Morgan fingerprint density at radius 2 is 1.85 bits per heavy atom. The van der Waals surface area contributed by atoms with Gasteiger partial charge in [-0.05, 0) is 53.2 Å². The molecule has 0 atom stereocenters. The normalized spacial score (nSPS) is 15.5. The van der Waals surface area contributed by atoms with Crippen LogP contribution in [-0.2, 0) is 16.1 Å². The number of carbonyl (C=O) groups excluding carboxylic acids is 3. The number of carbonyl (C=O) groups is 3. The van der Waals surface area contributed by atoms with Crippen molar-refractivity contribution >= 4 is 58.2 Å². The topological polar surface area (TPSA) is 63.7 Å². The fourth-order valence-electron chi connectivity index (χ4n) is 2.41. The molecule has 0 aromatic heterocycles. The number of thioether (sulfide) groups is 1. The van der Waals surface area contributed by atoms with Crippen molar-refractivity contribution in [3.63, 3.8) is 0 Å². The van der Waals surface area contributed by atoms with E-state index < -0.39 is 5.97 Å². The van der Waals surface area contributed by atoms with Gasteiger partial charge in [-0.1, -0.05) is 41.4 Å². The standard InChI is InChI=1S/C19H13Cl2NO4S/c1-11(23)26-15-6-2-12(3-7-15)8-17-18(24)22(19(25)27-17)10-13-4-5-14(20)9-16(13)21/h2-9H,10H2,1H3/b17-8-. The van der Waals surface area contributed by atoms with Crippen LogP contribution in [0.2, 0.25) is 10.0 Å². The number of imide groups is 1. The Morgan fingerprint density at radius 1 is 1.15 bits per heavy atom. The molecule has 3 rings (SSSR count). The van der Waals surface area contributed by atoms with Crippen LogP contribution in [0, 0.1) is 0 Å². The third-order valence-electron chi connectivity index (χ3n) is 3.66. The highest BCUT2D eigenvalue weighted by Crippen LogP contribution is 2.34. The van der Waals surface area contributed by atoms with E-state index in [2.05, 4.69) is 0 Å². The van der Waals surface area contributed by atoms with Gasteiger partial charge in [-0.15, -0.1) is 0 Å². The SMILES string of the molecule is CC(=O)Oc1ccc(/C=C2\SC(=O)N(Cc3ccc(Cl)cc3Cl)C2=O)cc1. The molecule has 0 saturated carbocycles. The fourth-order valence-corrected chi connectivity index (χ4v) is 3.71. The van der Waals surface area contributed by atoms with E-state index in [1.54, 1.807) is 48.5 Å². The van der Waals surface area contributed by atoms with Gasteiger partial charge in [0.15, 0.2) is 0 Å². The Hall–Kier alpha value is -2.28. The van der Waals surface area contributed by atoms with Crippen molar-refractivity contribution in [2.45, 2.75) is 13.5 Å². The number of esters is 1. The first kappa shape index (κ1) is 19.5. The van der Waals surface area contributed by atoms with Crippen LogP contribution in [0.15, 0.2) is 47.4 Å². The summed E-state index contributed by atoms with van der Waals surface area (Å²) in [5.41, 5.74) is 1.34. The van der Waals surface area contributed by atoms with E-state index in [4.69, 9.17) is 27.9 Å². The largest absolute Gasteiger partial charge is 0.427 e. The van der Waals surface area contributed by atoms with Gasteiger partial charge in [0.05, 0.1) is 11.4 Å². The van der Waals surface area contributed by atoms with Crippen LogP contribution in [0.3, 0.4) is 0 Å². The summed E-state index contributed by atoms with van der Waals surface area (Å²) < 4.78 is 4.96. The maximum Gasteiger partial charge on any atom is 0.308 e. The minimum atomic E-state index is -0.412. The van der Waals surface area contributed by atoms with Crippen LogP contribution in [-0.4, -0.2) is 22.0 Å². The molecule has 2 aromatic rings. The third-order valence-corrected chi connectivity index (χ3v) is 5.15. The molecule has 0 aliphatic carbocycles.